The van der Waals surface area contributed by atoms with Gasteiger partial charge in [0.1, 0.15) is 0 Å². The van der Waals surface area contributed by atoms with Gasteiger partial charge in [-0.3, -0.25) is 9.89 Å². The van der Waals surface area contributed by atoms with E-state index in [0.717, 1.165) is 65.0 Å². The number of aliphatic imine (C=N–C) groups is 1. The molecule has 2 aliphatic heterocycles. The van der Waals surface area contributed by atoms with Gasteiger partial charge in [0, 0.05) is 58.8 Å². The summed E-state index contributed by atoms with van der Waals surface area (Å²) in [6, 6.07) is 0.536. The van der Waals surface area contributed by atoms with Crippen LogP contribution >= 0.6 is 0 Å². The Hall–Kier alpha value is -0.850. The summed E-state index contributed by atoms with van der Waals surface area (Å²) in [5.41, 5.74) is 0. The lowest BCUT2D eigenvalue weighted by Crippen LogP contribution is -2.51. The van der Waals surface area contributed by atoms with Crippen molar-refractivity contribution in [3.05, 3.63) is 0 Å². The smallest absolute Gasteiger partial charge is 0.193 e. The second kappa shape index (κ2) is 10.2. The van der Waals surface area contributed by atoms with Gasteiger partial charge in [-0.25, -0.2) is 0 Å². The first kappa shape index (κ1) is 19.5. The molecule has 24 heavy (non-hydrogen) atoms. The SMILES string of the molecule is CN=C(NCC(CC(C)C)N1CCOCC1)N(C)CC1CCOC1. The largest absolute Gasteiger partial charge is 0.381 e. The molecule has 2 aliphatic rings. The number of rotatable bonds is 7. The van der Waals surface area contributed by atoms with E-state index in [1.165, 1.54) is 6.42 Å². The van der Waals surface area contributed by atoms with Gasteiger partial charge in [-0.05, 0) is 18.8 Å². The second-order valence-corrected chi connectivity index (χ2v) is 7.47. The summed E-state index contributed by atoms with van der Waals surface area (Å²) >= 11 is 0. The van der Waals surface area contributed by atoms with E-state index in [1.807, 2.05) is 7.05 Å². The van der Waals surface area contributed by atoms with Crippen LogP contribution in [0, 0.1) is 11.8 Å². The molecule has 0 saturated carbocycles. The van der Waals surface area contributed by atoms with Crippen molar-refractivity contribution < 1.29 is 9.47 Å². The van der Waals surface area contributed by atoms with Gasteiger partial charge in [-0.15, -0.1) is 0 Å². The van der Waals surface area contributed by atoms with Crippen molar-refractivity contribution in [2.24, 2.45) is 16.8 Å². The third-order valence-corrected chi connectivity index (χ3v) is 4.93. The van der Waals surface area contributed by atoms with E-state index in [1.54, 1.807) is 0 Å². The lowest BCUT2D eigenvalue weighted by Gasteiger charge is -2.36. The van der Waals surface area contributed by atoms with Gasteiger partial charge in [0.2, 0.25) is 0 Å². The van der Waals surface area contributed by atoms with Crippen LogP contribution < -0.4 is 5.32 Å². The fourth-order valence-corrected chi connectivity index (χ4v) is 3.64. The van der Waals surface area contributed by atoms with E-state index >= 15 is 0 Å². The average molecular weight is 341 g/mol. The van der Waals surface area contributed by atoms with Crippen molar-refractivity contribution >= 4 is 5.96 Å². The zero-order chi connectivity index (χ0) is 17.4. The van der Waals surface area contributed by atoms with E-state index in [9.17, 15) is 0 Å². The van der Waals surface area contributed by atoms with Crippen LogP contribution in [0.5, 0.6) is 0 Å². The monoisotopic (exact) mass is 340 g/mol. The van der Waals surface area contributed by atoms with E-state index in [4.69, 9.17) is 9.47 Å². The molecule has 0 radical (unpaired) electrons. The minimum absolute atomic E-state index is 0.536. The number of nitrogens with zero attached hydrogens (tertiary/aromatic N) is 3. The lowest BCUT2D eigenvalue weighted by atomic mass is 10.0. The van der Waals surface area contributed by atoms with Crippen LogP contribution in [-0.4, -0.2) is 88.5 Å². The minimum atomic E-state index is 0.536. The van der Waals surface area contributed by atoms with Crippen molar-refractivity contribution in [3.8, 4) is 0 Å². The third-order valence-electron chi connectivity index (χ3n) is 4.93. The van der Waals surface area contributed by atoms with E-state index < -0.39 is 0 Å². The molecule has 2 fully saturated rings. The Balaban J connectivity index is 1.84. The van der Waals surface area contributed by atoms with Gasteiger partial charge in [-0.1, -0.05) is 13.8 Å². The van der Waals surface area contributed by atoms with Crippen molar-refractivity contribution in [1.29, 1.82) is 0 Å². The third kappa shape index (κ3) is 6.22. The molecule has 140 valence electrons. The zero-order valence-corrected chi connectivity index (χ0v) is 16.0. The number of guanidine groups is 1. The predicted octanol–water partition coefficient (Wildman–Crippen LogP) is 1.28. The molecular weight excluding hydrogens is 304 g/mol. The first-order chi connectivity index (χ1) is 11.6. The van der Waals surface area contributed by atoms with Crippen LogP contribution in [0.4, 0.5) is 0 Å². The van der Waals surface area contributed by atoms with E-state index in [-0.39, 0.29) is 0 Å². The Morgan fingerprint density at radius 1 is 1.25 bits per heavy atom. The Bertz CT molecular complexity index is 377. The highest BCUT2D eigenvalue weighted by Gasteiger charge is 2.23. The molecule has 2 atom stereocenters. The van der Waals surface area contributed by atoms with Gasteiger partial charge < -0.3 is 19.7 Å². The van der Waals surface area contributed by atoms with Gasteiger partial charge in [0.05, 0.1) is 19.8 Å². The van der Waals surface area contributed by atoms with Crippen molar-refractivity contribution in [2.45, 2.75) is 32.7 Å². The van der Waals surface area contributed by atoms with Gasteiger partial charge in [0.25, 0.3) is 0 Å². The molecular formula is C18H36N4O2. The summed E-state index contributed by atoms with van der Waals surface area (Å²) in [6.45, 7) is 12.1. The molecule has 6 nitrogen and oxygen atoms in total. The Labute approximate surface area is 147 Å². The Morgan fingerprint density at radius 2 is 2.00 bits per heavy atom. The fraction of sp³-hybridized carbons (Fsp3) is 0.944. The number of hydrogen-bond donors (Lipinski definition) is 1. The molecule has 2 unspecified atom stereocenters. The molecule has 0 aromatic heterocycles. The maximum atomic E-state index is 5.51. The topological polar surface area (TPSA) is 49.3 Å². The first-order valence-electron chi connectivity index (χ1n) is 9.41. The summed E-state index contributed by atoms with van der Waals surface area (Å²) in [7, 11) is 4.00. The van der Waals surface area contributed by atoms with Gasteiger partial charge in [0.15, 0.2) is 5.96 Å². The van der Waals surface area contributed by atoms with Crippen LogP contribution in [0.1, 0.15) is 26.7 Å². The molecule has 0 aliphatic carbocycles. The van der Waals surface area contributed by atoms with E-state index in [0.29, 0.717) is 17.9 Å². The normalized spacial score (nSPS) is 24.4. The highest BCUT2D eigenvalue weighted by atomic mass is 16.5. The number of ether oxygens (including phenoxy) is 2. The average Bonchev–Trinajstić information content (AvgIpc) is 3.07. The zero-order valence-electron chi connectivity index (χ0n) is 16.0. The lowest BCUT2D eigenvalue weighted by molar-refractivity contribution is 0.0131. The highest BCUT2D eigenvalue weighted by Crippen LogP contribution is 2.15. The molecule has 0 aromatic rings. The van der Waals surface area contributed by atoms with Crippen LogP contribution in [0.2, 0.25) is 0 Å². The molecule has 0 spiro atoms. The van der Waals surface area contributed by atoms with Crippen molar-refractivity contribution in [1.82, 2.24) is 15.1 Å². The summed E-state index contributed by atoms with van der Waals surface area (Å²) in [5, 5.41) is 3.60. The summed E-state index contributed by atoms with van der Waals surface area (Å²) in [5.74, 6) is 2.30. The van der Waals surface area contributed by atoms with Crippen LogP contribution in [0.15, 0.2) is 4.99 Å². The Morgan fingerprint density at radius 3 is 2.58 bits per heavy atom. The predicted molar refractivity (Wildman–Crippen MR) is 98.6 cm³/mol. The van der Waals surface area contributed by atoms with Crippen LogP contribution in [-0.2, 0) is 9.47 Å². The summed E-state index contributed by atoms with van der Waals surface area (Å²) in [6.07, 6.45) is 2.36. The highest BCUT2D eigenvalue weighted by molar-refractivity contribution is 5.79. The van der Waals surface area contributed by atoms with E-state index in [2.05, 4.69) is 41.0 Å². The van der Waals surface area contributed by atoms with Crippen LogP contribution in [0.3, 0.4) is 0 Å². The fourth-order valence-electron chi connectivity index (χ4n) is 3.64. The quantitative estimate of drug-likeness (QED) is 0.559. The number of nitrogens with one attached hydrogen (secondary N) is 1. The van der Waals surface area contributed by atoms with Crippen LogP contribution in [0.25, 0.3) is 0 Å². The molecule has 2 saturated heterocycles. The minimum Gasteiger partial charge on any atom is -0.381 e. The second-order valence-electron chi connectivity index (χ2n) is 7.47. The van der Waals surface area contributed by atoms with Gasteiger partial charge >= 0.3 is 0 Å². The molecule has 0 bridgehead atoms. The molecule has 0 aromatic carbocycles. The molecule has 6 heteroatoms. The van der Waals surface area contributed by atoms with Crippen molar-refractivity contribution in [3.63, 3.8) is 0 Å². The first-order valence-corrected chi connectivity index (χ1v) is 9.41. The Kier molecular flexibility index (Phi) is 8.29. The summed E-state index contributed by atoms with van der Waals surface area (Å²) < 4.78 is 11.0. The number of morpholine rings is 1. The maximum absolute atomic E-state index is 5.51. The van der Waals surface area contributed by atoms with Gasteiger partial charge in [-0.2, -0.15) is 0 Å². The maximum Gasteiger partial charge on any atom is 0.193 e. The molecule has 0 amide bonds. The number of hydrogen-bond acceptors (Lipinski definition) is 4. The van der Waals surface area contributed by atoms with Crippen molar-refractivity contribution in [2.75, 3.05) is 66.7 Å². The molecule has 1 N–H and O–H groups in total. The standard InChI is InChI=1S/C18H36N4O2/c1-15(2)11-17(22-6-9-23-10-7-22)12-20-18(19-3)21(4)13-16-5-8-24-14-16/h15-17H,5-14H2,1-4H3,(H,19,20). The molecule has 2 heterocycles. The summed E-state index contributed by atoms with van der Waals surface area (Å²) in [4.78, 5) is 9.28. The molecule has 2 rings (SSSR count).